The van der Waals surface area contributed by atoms with Crippen molar-refractivity contribution >= 4 is 28.6 Å². The van der Waals surface area contributed by atoms with Crippen molar-refractivity contribution in [2.45, 2.75) is 39.0 Å². The summed E-state index contributed by atoms with van der Waals surface area (Å²) in [5, 5.41) is 0. The number of halogens is 1. The van der Waals surface area contributed by atoms with Crippen LogP contribution in [-0.2, 0) is 9.53 Å². The fraction of sp³-hybridized carbons (Fsp3) is 0.750. The number of esters is 1. The van der Waals surface area contributed by atoms with E-state index in [-0.39, 0.29) is 5.97 Å². The van der Waals surface area contributed by atoms with Crippen molar-refractivity contribution in [3.05, 3.63) is 11.6 Å². The second-order valence-electron chi connectivity index (χ2n) is 3.90. The molecule has 0 heterocycles. The molecule has 0 saturated carbocycles. The molecular formula is C12H19IO2. The van der Waals surface area contributed by atoms with Crippen LogP contribution >= 0.6 is 22.6 Å². The third-order valence-corrected chi connectivity index (χ3v) is 3.48. The third kappa shape index (κ3) is 4.53. The highest BCUT2D eigenvalue weighted by Crippen LogP contribution is 2.28. The van der Waals surface area contributed by atoms with Gasteiger partial charge < -0.3 is 4.74 Å². The Labute approximate surface area is 106 Å². The van der Waals surface area contributed by atoms with Crippen LogP contribution in [0.5, 0.6) is 0 Å². The molecule has 2 nitrogen and oxygen atoms in total. The van der Waals surface area contributed by atoms with Gasteiger partial charge in [-0.1, -0.05) is 35.1 Å². The van der Waals surface area contributed by atoms with E-state index >= 15 is 0 Å². The van der Waals surface area contributed by atoms with Crippen molar-refractivity contribution in [2.24, 2.45) is 5.92 Å². The number of alkyl halides is 1. The molecule has 0 radical (unpaired) electrons. The molecule has 0 aromatic carbocycles. The molecule has 1 atom stereocenters. The van der Waals surface area contributed by atoms with E-state index in [0.29, 0.717) is 12.5 Å². The number of hydrogen-bond donors (Lipinski definition) is 0. The molecular weight excluding hydrogens is 303 g/mol. The SMILES string of the molecule is CCOC(=O)C1=CC(CCCCI)CC1. The highest BCUT2D eigenvalue weighted by atomic mass is 127. The predicted octanol–water partition coefficient (Wildman–Crippen LogP) is 3.49. The monoisotopic (exact) mass is 322 g/mol. The topological polar surface area (TPSA) is 26.3 Å². The molecule has 1 aliphatic rings. The highest BCUT2D eigenvalue weighted by molar-refractivity contribution is 14.1. The first-order chi connectivity index (χ1) is 7.27. The second kappa shape index (κ2) is 7.25. The van der Waals surface area contributed by atoms with Crippen LogP contribution in [0.4, 0.5) is 0 Å². The third-order valence-electron chi connectivity index (χ3n) is 2.72. The van der Waals surface area contributed by atoms with Crippen molar-refractivity contribution < 1.29 is 9.53 Å². The van der Waals surface area contributed by atoms with Gasteiger partial charge in [0.2, 0.25) is 0 Å². The normalized spacial score (nSPS) is 20.1. The smallest absolute Gasteiger partial charge is 0.333 e. The van der Waals surface area contributed by atoms with Gasteiger partial charge >= 0.3 is 5.97 Å². The van der Waals surface area contributed by atoms with Gasteiger partial charge in [0.1, 0.15) is 0 Å². The van der Waals surface area contributed by atoms with Crippen molar-refractivity contribution in [3.8, 4) is 0 Å². The molecule has 1 rings (SSSR count). The number of carbonyl (C=O) groups excluding carboxylic acids is 1. The summed E-state index contributed by atoms with van der Waals surface area (Å²) < 4.78 is 6.23. The van der Waals surface area contributed by atoms with Gasteiger partial charge in [0.25, 0.3) is 0 Å². The molecule has 1 aliphatic carbocycles. The maximum absolute atomic E-state index is 11.4. The van der Waals surface area contributed by atoms with E-state index < -0.39 is 0 Å². The van der Waals surface area contributed by atoms with E-state index in [0.717, 1.165) is 18.4 Å². The van der Waals surface area contributed by atoms with Crippen LogP contribution in [0.2, 0.25) is 0 Å². The summed E-state index contributed by atoms with van der Waals surface area (Å²) in [4.78, 5) is 11.4. The highest BCUT2D eigenvalue weighted by Gasteiger charge is 2.20. The minimum atomic E-state index is -0.103. The Hall–Kier alpha value is -0.0600. The van der Waals surface area contributed by atoms with Gasteiger partial charge in [0, 0.05) is 5.57 Å². The minimum absolute atomic E-state index is 0.103. The van der Waals surface area contributed by atoms with Gasteiger partial charge in [0.05, 0.1) is 6.61 Å². The number of allylic oxidation sites excluding steroid dienone is 1. The standard InChI is InChI=1S/C12H19IO2/c1-2-15-12(14)11-7-6-10(9-11)5-3-4-8-13/h9-10H,2-8H2,1H3. The van der Waals surface area contributed by atoms with Crippen molar-refractivity contribution in [1.82, 2.24) is 0 Å². The quantitative estimate of drug-likeness (QED) is 0.324. The molecule has 3 heteroatoms. The van der Waals surface area contributed by atoms with E-state index in [1.165, 1.54) is 23.7 Å². The molecule has 86 valence electrons. The van der Waals surface area contributed by atoms with Crippen LogP contribution in [0.15, 0.2) is 11.6 Å². The summed E-state index contributed by atoms with van der Waals surface area (Å²) >= 11 is 2.41. The molecule has 1 unspecified atom stereocenters. The van der Waals surface area contributed by atoms with Crippen molar-refractivity contribution in [3.63, 3.8) is 0 Å². The van der Waals surface area contributed by atoms with Gasteiger partial charge in [-0.2, -0.15) is 0 Å². The summed E-state index contributed by atoms with van der Waals surface area (Å²) in [7, 11) is 0. The zero-order chi connectivity index (χ0) is 11.1. The molecule has 0 amide bonds. The van der Waals surface area contributed by atoms with Gasteiger partial charge in [-0.3, -0.25) is 0 Å². The molecule has 0 bridgehead atoms. The maximum atomic E-state index is 11.4. The van der Waals surface area contributed by atoms with Crippen molar-refractivity contribution in [2.75, 3.05) is 11.0 Å². The average molecular weight is 322 g/mol. The molecule has 0 saturated heterocycles. The lowest BCUT2D eigenvalue weighted by Gasteiger charge is -2.04. The Morgan fingerprint density at radius 3 is 3.07 bits per heavy atom. The molecule has 15 heavy (non-hydrogen) atoms. The molecule has 0 aliphatic heterocycles. The minimum Gasteiger partial charge on any atom is -0.463 e. The summed E-state index contributed by atoms with van der Waals surface area (Å²) in [5.74, 6) is 0.515. The molecule has 0 aromatic rings. The number of rotatable bonds is 6. The van der Waals surface area contributed by atoms with E-state index in [1.807, 2.05) is 6.92 Å². The Morgan fingerprint density at radius 1 is 1.60 bits per heavy atom. The Kier molecular flexibility index (Phi) is 6.29. The number of hydrogen-bond acceptors (Lipinski definition) is 2. The fourth-order valence-corrected chi connectivity index (χ4v) is 2.45. The Bertz CT molecular complexity index is 236. The average Bonchev–Trinajstić information content (AvgIpc) is 2.67. The largest absolute Gasteiger partial charge is 0.463 e. The molecule has 0 aromatic heterocycles. The van der Waals surface area contributed by atoms with E-state index in [1.54, 1.807) is 0 Å². The van der Waals surface area contributed by atoms with Gasteiger partial charge in [-0.25, -0.2) is 4.79 Å². The second-order valence-corrected chi connectivity index (χ2v) is 4.97. The van der Waals surface area contributed by atoms with E-state index in [2.05, 4.69) is 28.7 Å². The van der Waals surface area contributed by atoms with Crippen LogP contribution in [-0.4, -0.2) is 17.0 Å². The first-order valence-electron chi connectivity index (χ1n) is 5.71. The Morgan fingerprint density at radius 2 is 2.40 bits per heavy atom. The predicted molar refractivity (Wildman–Crippen MR) is 70.2 cm³/mol. The summed E-state index contributed by atoms with van der Waals surface area (Å²) in [6, 6.07) is 0. The molecule has 0 fully saturated rings. The van der Waals surface area contributed by atoms with Crippen LogP contribution in [0, 0.1) is 5.92 Å². The fourth-order valence-electron chi connectivity index (χ4n) is 1.91. The maximum Gasteiger partial charge on any atom is 0.333 e. The van der Waals surface area contributed by atoms with Crippen LogP contribution in [0.3, 0.4) is 0 Å². The Balaban J connectivity index is 2.30. The molecule has 0 spiro atoms. The van der Waals surface area contributed by atoms with Gasteiger partial charge in [-0.05, 0) is 43.0 Å². The lowest BCUT2D eigenvalue weighted by Crippen LogP contribution is -2.05. The van der Waals surface area contributed by atoms with Gasteiger partial charge in [-0.15, -0.1) is 0 Å². The lowest BCUT2D eigenvalue weighted by molar-refractivity contribution is -0.138. The number of ether oxygens (including phenoxy) is 1. The van der Waals surface area contributed by atoms with Gasteiger partial charge in [0.15, 0.2) is 0 Å². The zero-order valence-corrected chi connectivity index (χ0v) is 11.5. The first kappa shape index (κ1) is 13.0. The lowest BCUT2D eigenvalue weighted by atomic mass is 10.0. The van der Waals surface area contributed by atoms with E-state index in [4.69, 9.17) is 4.74 Å². The van der Waals surface area contributed by atoms with Crippen LogP contribution in [0.25, 0.3) is 0 Å². The van der Waals surface area contributed by atoms with Crippen molar-refractivity contribution in [1.29, 1.82) is 0 Å². The number of unbranched alkanes of at least 4 members (excludes halogenated alkanes) is 1. The van der Waals surface area contributed by atoms with Crippen LogP contribution in [0.1, 0.15) is 39.0 Å². The van der Waals surface area contributed by atoms with E-state index in [9.17, 15) is 4.79 Å². The number of carbonyl (C=O) groups is 1. The molecule has 0 N–H and O–H groups in total. The first-order valence-corrected chi connectivity index (χ1v) is 7.24. The summed E-state index contributed by atoms with van der Waals surface area (Å²) in [5.41, 5.74) is 0.899. The summed E-state index contributed by atoms with van der Waals surface area (Å²) in [6.45, 7) is 2.33. The zero-order valence-electron chi connectivity index (χ0n) is 9.30. The van der Waals surface area contributed by atoms with Crippen LogP contribution < -0.4 is 0 Å². The summed E-state index contributed by atoms with van der Waals surface area (Å²) in [6.07, 6.45) is 7.97.